The largest absolute Gasteiger partial charge is 0.454 e. The fourth-order valence-electron chi connectivity index (χ4n) is 2.76. The molecule has 0 radical (unpaired) electrons. The van der Waals surface area contributed by atoms with Crippen LogP contribution in [0.1, 0.15) is 25.3 Å². The molecule has 2 aromatic carbocycles. The maximum atomic E-state index is 12.9. The molecule has 0 saturated heterocycles. The van der Waals surface area contributed by atoms with E-state index in [9.17, 15) is 26.4 Å². The SMILES string of the molecule is CC(C)[C@@H](NS(=O)(=O)c1cccc(C(F)(F)F)c1)C(=O)OCc1nnc(-c2ccccc2)o1. The highest BCUT2D eigenvalue weighted by Gasteiger charge is 2.34. The predicted octanol–water partition coefficient (Wildman–Crippen LogP) is 3.80. The molecule has 176 valence electrons. The average molecular weight is 483 g/mol. The molecule has 1 atom stereocenters. The summed E-state index contributed by atoms with van der Waals surface area (Å²) in [7, 11) is -4.45. The average Bonchev–Trinajstić information content (AvgIpc) is 3.25. The van der Waals surface area contributed by atoms with Crippen LogP contribution in [0.25, 0.3) is 11.5 Å². The Hall–Kier alpha value is -3.25. The molecule has 0 amide bonds. The van der Waals surface area contributed by atoms with E-state index in [4.69, 9.17) is 9.15 Å². The van der Waals surface area contributed by atoms with E-state index in [1.807, 2.05) is 6.07 Å². The number of benzene rings is 2. The Morgan fingerprint density at radius 1 is 1.09 bits per heavy atom. The Morgan fingerprint density at radius 2 is 1.79 bits per heavy atom. The van der Waals surface area contributed by atoms with Crippen LogP contribution in [0.5, 0.6) is 0 Å². The Kier molecular flexibility index (Phi) is 7.18. The highest BCUT2D eigenvalue weighted by atomic mass is 32.2. The fraction of sp³-hybridized carbons (Fsp3) is 0.286. The summed E-state index contributed by atoms with van der Waals surface area (Å²) in [5.74, 6) is -1.31. The maximum absolute atomic E-state index is 12.9. The molecule has 33 heavy (non-hydrogen) atoms. The molecule has 0 aliphatic rings. The first kappa shape index (κ1) is 24.4. The summed E-state index contributed by atoms with van der Waals surface area (Å²) in [6.07, 6.45) is -4.72. The minimum absolute atomic E-state index is 0.00885. The summed E-state index contributed by atoms with van der Waals surface area (Å²) < 4.78 is 76.8. The summed E-state index contributed by atoms with van der Waals surface area (Å²) in [4.78, 5) is 11.9. The Labute approximate surface area is 187 Å². The number of ether oxygens (including phenoxy) is 1. The highest BCUT2D eigenvalue weighted by molar-refractivity contribution is 7.89. The van der Waals surface area contributed by atoms with Crippen molar-refractivity contribution in [2.75, 3.05) is 0 Å². The second-order valence-electron chi connectivity index (χ2n) is 7.34. The molecular weight excluding hydrogens is 463 g/mol. The van der Waals surface area contributed by atoms with Crippen LogP contribution < -0.4 is 4.72 Å². The van der Waals surface area contributed by atoms with Crippen molar-refractivity contribution in [1.29, 1.82) is 0 Å². The first-order valence-electron chi connectivity index (χ1n) is 9.71. The predicted molar refractivity (Wildman–Crippen MR) is 110 cm³/mol. The van der Waals surface area contributed by atoms with Crippen LogP contribution in [-0.4, -0.2) is 30.6 Å². The number of aromatic nitrogens is 2. The molecule has 0 aliphatic carbocycles. The van der Waals surface area contributed by atoms with Gasteiger partial charge in [0.2, 0.25) is 15.9 Å². The lowest BCUT2D eigenvalue weighted by molar-refractivity contribution is -0.148. The quantitative estimate of drug-likeness (QED) is 0.485. The molecule has 3 aromatic rings. The van der Waals surface area contributed by atoms with Gasteiger partial charge >= 0.3 is 12.1 Å². The van der Waals surface area contributed by atoms with Gasteiger partial charge in [-0.15, -0.1) is 10.2 Å². The Morgan fingerprint density at radius 3 is 2.42 bits per heavy atom. The van der Waals surface area contributed by atoms with Crippen LogP contribution in [0.2, 0.25) is 0 Å². The summed E-state index contributed by atoms with van der Waals surface area (Å²) in [6, 6.07) is 10.7. The van der Waals surface area contributed by atoms with Crippen LogP contribution in [0.3, 0.4) is 0 Å². The van der Waals surface area contributed by atoms with Crippen molar-refractivity contribution in [1.82, 2.24) is 14.9 Å². The number of hydrogen-bond acceptors (Lipinski definition) is 7. The first-order valence-corrected chi connectivity index (χ1v) is 11.2. The molecule has 1 N–H and O–H groups in total. The third kappa shape index (κ3) is 6.17. The first-order chi connectivity index (χ1) is 15.5. The number of sulfonamides is 1. The standard InChI is InChI=1S/C21H20F3N3O5S/c1-13(2)18(27-33(29,30)16-10-6-9-15(11-16)21(22,23)24)20(28)31-12-17-25-26-19(32-17)14-7-4-3-5-8-14/h3-11,13,18,27H,12H2,1-2H3/t18-/m1/s1. The number of carbonyl (C=O) groups is 1. The molecule has 0 spiro atoms. The summed E-state index contributed by atoms with van der Waals surface area (Å²) in [5.41, 5.74) is -0.462. The third-order valence-electron chi connectivity index (χ3n) is 4.50. The van der Waals surface area contributed by atoms with Crippen molar-refractivity contribution in [3.63, 3.8) is 0 Å². The zero-order chi connectivity index (χ0) is 24.2. The smallest absolute Gasteiger partial charge is 0.416 e. The molecule has 1 aromatic heterocycles. The Balaban J connectivity index is 1.70. The third-order valence-corrected chi connectivity index (χ3v) is 5.94. The normalized spacial score (nSPS) is 13.2. The van der Waals surface area contributed by atoms with Crippen molar-refractivity contribution < 1.29 is 35.5 Å². The van der Waals surface area contributed by atoms with Gasteiger partial charge in [0.05, 0.1) is 10.5 Å². The molecule has 0 bridgehead atoms. The highest BCUT2D eigenvalue weighted by Crippen LogP contribution is 2.30. The van der Waals surface area contributed by atoms with Crippen molar-refractivity contribution in [2.24, 2.45) is 5.92 Å². The summed E-state index contributed by atoms with van der Waals surface area (Å²) in [5, 5.41) is 7.64. The van der Waals surface area contributed by atoms with E-state index >= 15 is 0 Å². The lowest BCUT2D eigenvalue weighted by Crippen LogP contribution is -2.45. The fourth-order valence-corrected chi connectivity index (χ4v) is 4.14. The van der Waals surface area contributed by atoms with Crippen LogP contribution in [-0.2, 0) is 32.3 Å². The van der Waals surface area contributed by atoms with E-state index in [-0.39, 0.29) is 11.8 Å². The van der Waals surface area contributed by atoms with Gasteiger partial charge in [-0.25, -0.2) is 8.42 Å². The molecule has 12 heteroatoms. The summed E-state index contributed by atoms with van der Waals surface area (Å²) in [6.45, 7) is 2.70. The number of alkyl halides is 3. The minimum atomic E-state index is -4.72. The van der Waals surface area contributed by atoms with Crippen molar-refractivity contribution >= 4 is 16.0 Å². The van der Waals surface area contributed by atoms with Crippen LogP contribution in [0, 0.1) is 5.92 Å². The zero-order valence-corrected chi connectivity index (χ0v) is 18.4. The number of rotatable bonds is 8. The minimum Gasteiger partial charge on any atom is -0.454 e. The van der Waals surface area contributed by atoms with Crippen molar-refractivity contribution in [2.45, 2.75) is 37.6 Å². The maximum Gasteiger partial charge on any atom is 0.416 e. The van der Waals surface area contributed by atoms with E-state index in [0.29, 0.717) is 11.6 Å². The number of halogens is 3. The molecule has 0 fully saturated rings. The second kappa shape index (κ2) is 9.71. The molecule has 8 nitrogen and oxygen atoms in total. The van der Waals surface area contributed by atoms with Gasteiger partial charge in [-0.05, 0) is 36.2 Å². The van der Waals surface area contributed by atoms with Crippen molar-refractivity contribution in [3.8, 4) is 11.5 Å². The van der Waals surface area contributed by atoms with E-state index in [1.54, 1.807) is 38.1 Å². The molecule has 0 saturated carbocycles. The Bertz CT molecular complexity index is 1210. The van der Waals surface area contributed by atoms with E-state index < -0.39 is 51.2 Å². The van der Waals surface area contributed by atoms with Gasteiger partial charge in [-0.3, -0.25) is 4.79 Å². The summed E-state index contributed by atoms with van der Waals surface area (Å²) >= 11 is 0. The molecule has 0 unspecified atom stereocenters. The number of nitrogens with one attached hydrogen (secondary N) is 1. The molecule has 0 aliphatic heterocycles. The van der Waals surface area contributed by atoms with Gasteiger partial charge in [0, 0.05) is 5.56 Å². The number of carbonyl (C=O) groups excluding carboxylic acids is 1. The van der Waals surface area contributed by atoms with Gasteiger partial charge in [-0.1, -0.05) is 38.1 Å². The topological polar surface area (TPSA) is 111 Å². The van der Waals surface area contributed by atoms with Gasteiger partial charge in [-0.2, -0.15) is 17.9 Å². The van der Waals surface area contributed by atoms with E-state index in [1.165, 1.54) is 0 Å². The van der Waals surface area contributed by atoms with Crippen LogP contribution in [0.4, 0.5) is 13.2 Å². The van der Waals surface area contributed by atoms with E-state index in [0.717, 1.165) is 18.2 Å². The monoisotopic (exact) mass is 483 g/mol. The van der Waals surface area contributed by atoms with Crippen LogP contribution >= 0.6 is 0 Å². The lowest BCUT2D eigenvalue weighted by atomic mass is 10.1. The molecule has 1 heterocycles. The number of nitrogens with zero attached hydrogens (tertiary/aromatic N) is 2. The number of esters is 1. The van der Waals surface area contributed by atoms with Crippen molar-refractivity contribution in [3.05, 3.63) is 66.1 Å². The molecule has 3 rings (SSSR count). The van der Waals surface area contributed by atoms with Gasteiger partial charge < -0.3 is 9.15 Å². The molecular formula is C21H20F3N3O5S. The lowest BCUT2D eigenvalue weighted by Gasteiger charge is -2.20. The van der Waals surface area contributed by atoms with Gasteiger partial charge in [0.25, 0.3) is 5.89 Å². The number of hydrogen-bond donors (Lipinski definition) is 1. The second-order valence-corrected chi connectivity index (χ2v) is 9.06. The zero-order valence-electron chi connectivity index (χ0n) is 17.5. The van der Waals surface area contributed by atoms with Crippen LogP contribution in [0.15, 0.2) is 63.9 Å². The van der Waals surface area contributed by atoms with Gasteiger partial charge in [0.1, 0.15) is 6.04 Å². The van der Waals surface area contributed by atoms with E-state index in [2.05, 4.69) is 14.9 Å². The van der Waals surface area contributed by atoms with Gasteiger partial charge in [0.15, 0.2) is 6.61 Å².